The number of halogens is 1. The Hall–Kier alpha value is -2.21. The molecule has 0 spiro atoms. The van der Waals surface area contributed by atoms with E-state index in [0.717, 1.165) is 56.1 Å². The Morgan fingerprint density at radius 3 is 2.84 bits per heavy atom. The molecule has 0 amide bonds. The molecule has 2 fully saturated rings. The molecule has 2 atom stereocenters. The van der Waals surface area contributed by atoms with Crippen LogP contribution < -0.4 is 9.80 Å². The van der Waals surface area contributed by atoms with Crippen LogP contribution in [0.1, 0.15) is 30.7 Å². The van der Waals surface area contributed by atoms with Crippen LogP contribution in [0.15, 0.2) is 36.7 Å². The summed E-state index contributed by atoms with van der Waals surface area (Å²) in [4.78, 5) is 13.3. The van der Waals surface area contributed by atoms with E-state index in [1.165, 1.54) is 6.07 Å². The molecular formula is C19H23FN4O. The number of anilines is 2. The highest BCUT2D eigenvalue weighted by Gasteiger charge is 2.28. The van der Waals surface area contributed by atoms with Crippen LogP contribution in [0.4, 0.5) is 16.0 Å². The molecule has 1 aromatic heterocycles. The lowest BCUT2D eigenvalue weighted by atomic mass is 9.98. The summed E-state index contributed by atoms with van der Waals surface area (Å²) in [6.45, 7) is 2.82. The Balaban J connectivity index is 1.50. The molecule has 2 aliphatic heterocycles. The van der Waals surface area contributed by atoms with E-state index in [-0.39, 0.29) is 18.5 Å². The molecule has 1 aromatic carbocycles. The summed E-state index contributed by atoms with van der Waals surface area (Å²) < 4.78 is 13.5. The van der Waals surface area contributed by atoms with Gasteiger partial charge in [-0.05, 0) is 37.0 Å². The van der Waals surface area contributed by atoms with Crippen LogP contribution in [0.3, 0.4) is 0 Å². The van der Waals surface area contributed by atoms with Crippen molar-refractivity contribution in [1.82, 2.24) is 9.97 Å². The lowest BCUT2D eigenvalue weighted by molar-refractivity contribution is 0.266. The summed E-state index contributed by atoms with van der Waals surface area (Å²) in [7, 11) is 0. The zero-order valence-corrected chi connectivity index (χ0v) is 14.2. The van der Waals surface area contributed by atoms with E-state index in [9.17, 15) is 9.50 Å². The Kier molecular flexibility index (Phi) is 4.53. The number of aliphatic hydroxyl groups excluding tert-OH is 1. The normalized spacial score (nSPS) is 23.4. The Morgan fingerprint density at radius 2 is 2.00 bits per heavy atom. The molecule has 2 aliphatic rings. The van der Waals surface area contributed by atoms with Crippen molar-refractivity contribution in [3.63, 3.8) is 0 Å². The molecule has 1 N–H and O–H groups in total. The minimum absolute atomic E-state index is 0.154. The van der Waals surface area contributed by atoms with Crippen molar-refractivity contribution >= 4 is 11.6 Å². The summed E-state index contributed by atoms with van der Waals surface area (Å²) in [5, 5.41) is 9.54. The van der Waals surface area contributed by atoms with Gasteiger partial charge in [0.25, 0.3) is 0 Å². The van der Waals surface area contributed by atoms with Gasteiger partial charge in [-0.1, -0.05) is 12.1 Å². The average Bonchev–Trinajstić information content (AvgIpc) is 3.31. The van der Waals surface area contributed by atoms with Crippen molar-refractivity contribution in [2.24, 2.45) is 0 Å². The number of aliphatic hydroxyl groups is 1. The third kappa shape index (κ3) is 3.31. The molecule has 0 saturated carbocycles. The Bertz CT molecular complexity index is 741. The molecule has 0 unspecified atom stereocenters. The highest BCUT2D eigenvalue weighted by atomic mass is 19.1. The second-order valence-electron chi connectivity index (χ2n) is 6.89. The largest absolute Gasteiger partial charge is 0.394 e. The van der Waals surface area contributed by atoms with Crippen LogP contribution in [-0.4, -0.2) is 47.4 Å². The van der Waals surface area contributed by atoms with Gasteiger partial charge in [0.1, 0.15) is 23.8 Å². The summed E-state index contributed by atoms with van der Waals surface area (Å²) >= 11 is 0. The van der Waals surface area contributed by atoms with E-state index >= 15 is 0 Å². The lowest BCUT2D eigenvalue weighted by Gasteiger charge is -2.25. The number of rotatable bonds is 4. The molecule has 0 aliphatic carbocycles. The average molecular weight is 342 g/mol. The van der Waals surface area contributed by atoms with Crippen molar-refractivity contribution < 1.29 is 9.50 Å². The lowest BCUT2D eigenvalue weighted by Crippen LogP contribution is -2.33. The van der Waals surface area contributed by atoms with E-state index in [0.29, 0.717) is 5.92 Å². The zero-order valence-electron chi connectivity index (χ0n) is 14.2. The van der Waals surface area contributed by atoms with E-state index in [2.05, 4.69) is 19.8 Å². The van der Waals surface area contributed by atoms with Gasteiger partial charge in [-0.2, -0.15) is 0 Å². The molecule has 3 heterocycles. The Labute approximate surface area is 147 Å². The van der Waals surface area contributed by atoms with Gasteiger partial charge >= 0.3 is 0 Å². The van der Waals surface area contributed by atoms with Crippen LogP contribution >= 0.6 is 0 Å². The molecule has 6 heteroatoms. The fraction of sp³-hybridized carbons (Fsp3) is 0.474. The first kappa shape index (κ1) is 16.3. The maximum atomic E-state index is 13.5. The van der Waals surface area contributed by atoms with Crippen LogP contribution in [-0.2, 0) is 0 Å². The highest BCUT2D eigenvalue weighted by Crippen LogP contribution is 2.32. The molecule has 5 nitrogen and oxygen atoms in total. The fourth-order valence-electron chi connectivity index (χ4n) is 4.00. The molecular weight excluding hydrogens is 319 g/mol. The van der Waals surface area contributed by atoms with Gasteiger partial charge in [0.2, 0.25) is 0 Å². The third-order valence-electron chi connectivity index (χ3n) is 5.35. The smallest absolute Gasteiger partial charge is 0.134 e. The van der Waals surface area contributed by atoms with Crippen molar-refractivity contribution in [2.75, 3.05) is 36.0 Å². The number of nitrogens with zero attached hydrogens (tertiary/aromatic N) is 4. The van der Waals surface area contributed by atoms with Crippen molar-refractivity contribution in [3.05, 3.63) is 48.0 Å². The number of aromatic nitrogens is 2. The van der Waals surface area contributed by atoms with E-state index in [4.69, 9.17) is 0 Å². The van der Waals surface area contributed by atoms with Gasteiger partial charge in [-0.3, -0.25) is 0 Å². The predicted molar refractivity (Wildman–Crippen MR) is 95.5 cm³/mol. The van der Waals surface area contributed by atoms with Crippen LogP contribution in [0, 0.1) is 5.82 Å². The second kappa shape index (κ2) is 6.96. The molecule has 25 heavy (non-hydrogen) atoms. The van der Waals surface area contributed by atoms with Gasteiger partial charge in [-0.25, -0.2) is 14.4 Å². The first-order valence-corrected chi connectivity index (χ1v) is 8.94. The minimum Gasteiger partial charge on any atom is -0.394 e. The van der Waals surface area contributed by atoms with Gasteiger partial charge in [0, 0.05) is 31.6 Å². The standard InChI is InChI=1S/C19H23FN4O/c20-16-4-1-3-14(9-16)15-6-8-23(11-15)18-10-19(22-13-21-18)24-7-2-5-17(24)12-25/h1,3-4,9-10,13,15,17,25H,2,5-8,11-12H2/t15-,17+/m1/s1. The number of hydrogen-bond acceptors (Lipinski definition) is 5. The van der Waals surface area contributed by atoms with E-state index < -0.39 is 0 Å². The Morgan fingerprint density at radius 1 is 1.12 bits per heavy atom. The maximum Gasteiger partial charge on any atom is 0.134 e. The van der Waals surface area contributed by atoms with Crippen molar-refractivity contribution in [1.29, 1.82) is 0 Å². The van der Waals surface area contributed by atoms with Crippen LogP contribution in [0.2, 0.25) is 0 Å². The van der Waals surface area contributed by atoms with E-state index in [1.807, 2.05) is 12.1 Å². The highest BCUT2D eigenvalue weighted by molar-refractivity contribution is 5.52. The van der Waals surface area contributed by atoms with Gasteiger partial charge < -0.3 is 14.9 Å². The summed E-state index contributed by atoms with van der Waals surface area (Å²) in [6, 6.07) is 9.07. The SMILES string of the molecule is OC[C@@H]1CCCN1c1cc(N2CC[C@@H](c3cccc(F)c3)C2)ncn1. The van der Waals surface area contributed by atoms with Crippen LogP contribution in [0.25, 0.3) is 0 Å². The number of benzene rings is 1. The summed E-state index contributed by atoms with van der Waals surface area (Å²) in [6.07, 6.45) is 4.68. The second-order valence-corrected chi connectivity index (χ2v) is 6.89. The molecule has 2 saturated heterocycles. The number of hydrogen-bond donors (Lipinski definition) is 1. The topological polar surface area (TPSA) is 52.5 Å². The molecule has 4 rings (SSSR count). The summed E-state index contributed by atoms with van der Waals surface area (Å²) in [5.74, 6) is 1.94. The van der Waals surface area contributed by atoms with Crippen molar-refractivity contribution in [3.8, 4) is 0 Å². The van der Waals surface area contributed by atoms with E-state index in [1.54, 1.807) is 18.5 Å². The zero-order chi connectivity index (χ0) is 17.2. The molecule has 0 radical (unpaired) electrons. The first-order chi connectivity index (χ1) is 12.2. The molecule has 2 aromatic rings. The van der Waals surface area contributed by atoms with Gasteiger partial charge in [0.15, 0.2) is 0 Å². The third-order valence-corrected chi connectivity index (χ3v) is 5.35. The quantitative estimate of drug-likeness (QED) is 0.925. The van der Waals surface area contributed by atoms with Gasteiger partial charge in [0.05, 0.1) is 12.6 Å². The first-order valence-electron chi connectivity index (χ1n) is 8.94. The van der Waals surface area contributed by atoms with Gasteiger partial charge in [-0.15, -0.1) is 0 Å². The van der Waals surface area contributed by atoms with Crippen molar-refractivity contribution in [2.45, 2.75) is 31.2 Å². The molecule has 0 bridgehead atoms. The predicted octanol–water partition coefficient (Wildman–Crippen LogP) is 2.57. The summed E-state index contributed by atoms with van der Waals surface area (Å²) in [5.41, 5.74) is 1.05. The van der Waals surface area contributed by atoms with Crippen LogP contribution in [0.5, 0.6) is 0 Å². The monoisotopic (exact) mass is 342 g/mol. The fourth-order valence-corrected chi connectivity index (χ4v) is 4.00. The molecule has 132 valence electrons. The maximum absolute atomic E-state index is 13.5. The minimum atomic E-state index is -0.177.